The van der Waals surface area contributed by atoms with Crippen LogP contribution in [0.3, 0.4) is 0 Å². The van der Waals surface area contributed by atoms with E-state index in [4.69, 9.17) is 0 Å². The zero-order chi connectivity index (χ0) is 13.9. The normalized spacial score (nSPS) is 10.5. The van der Waals surface area contributed by atoms with E-state index in [1.165, 1.54) is 22.4 Å². The monoisotopic (exact) mass is 261 g/mol. The van der Waals surface area contributed by atoms with Crippen LogP contribution in [0.1, 0.15) is 5.56 Å². The Kier molecular flexibility index (Phi) is 3.30. The van der Waals surface area contributed by atoms with Crippen molar-refractivity contribution >= 4 is 0 Å². The van der Waals surface area contributed by atoms with E-state index in [9.17, 15) is 0 Å². The summed E-state index contributed by atoms with van der Waals surface area (Å²) in [6, 6.07) is 16.9. The minimum absolute atomic E-state index is 1.14. The first-order valence-electron chi connectivity index (χ1n) is 6.72. The lowest BCUT2D eigenvalue weighted by Crippen LogP contribution is -2.30. The summed E-state index contributed by atoms with van der Waals surface area (Å²) < 4.78 is 2.15. The summed E-state index contributed by atoms with van der Waals surface area (Å²) >= 11 is 0. The number of pyridine rings is 2. The fraction of sp³-hybridized carbons (Fsp3) is 0.111. The molecule has 0 saturated heterocycles. The van der Waals surface area contributed by atoms with E-state index in [1.54, 1.807) is 6.20 Å². The van der Waals surface area contributed by atoms with Crippen LogP contribution in [-0.2, 0) is 7.05 Å². The number of benzene rings is 1. The smallest absolute Gasteiger partial charge is 0.213 e. The minimum Gasteiger partial charge on any atom is -0.264 e. The number of hydrogen-bond donors (Lipinski definition) is 0. The Morgan fingerprint density at radius 1 is 0.950 bits per heavy atom. The van der Waals surface area contributed by atoms with Crippen LogP contribution in [0.25, 0.3) is 22.4 Å². The number of hydrogen-bond acceptors (Lipinski definition) is 1. The second-order valence-electron chi connectivity index (χ2n) is 4.97. The van der Waals surface area contributed by atoms with Crippen molar-refractivity contribution in [2.24, 2.45) is 7.05 Å². The first kappa shape index (κ1) is 12.5. The molecule has 2 nitrogen and oxygen atoms in total. The molecule has 3 aromatic rings. The quantitative estimate of drug-likeness (QED) is 0.645. The molecule has 20 heavy (non-hydrogen) atoms. The van der Waals surface area contributed by atoms with Crippen molar-refractivity contribution < 1.29 is 4.57 Å². The molecular weight excluding hydrogens is 244 g/mol. The topological polar surface area (TPSA) is 16.8 Å². The third kappa shape index (κ3) is 2.32. The first-order valence-corrected chi connectivity index (χ1v) is 6.72. The molecule has 0 bridgehead atoms. The molecule has 98 valence electrons. The number of aryl methyl sites for hydroxylation is 2. The van der Waals surface area contributed by atoms with Gasteiger partial charge in [0, 0.05) is 35.7 Å². The van der Waals surface area contributed by atoms with E-state index in [-0.39, 0.29) is 0 Å². The van der Waals surface area contributed by atoms with Crippen molar-refractivity contribution in [2.45, 2.75) is 6.92 Å². The first-order chi connectivity index (χ1) is 9.75. The van der Waals surface area contributed by atoms with Crippen LogP contribution in [0.5, 0.6) is 0 Å². The zero-order valence-corrected chi connectivity index (χ0v) is 11.7. The number of nitrogens with zero attached hydrogens (tertiary/aromatic N) is 2. The summed E-state index contributed by atoms with van der Waals surface area (Å²) in [7, 11) is 2.08. The Hall–Kier alpha value is -2.48. The van der Waals surface area contributed by atoms with Crippen molar-refractivity contribution in [3.8, 4) is 22.4 Å². The van der Waals surface area contributed by atoms with Crippen LogP contribution < -0.4 is 4.57 Å². The van der Waals surface area contributed by atoms with Gasteiger partial charge in [-0.05, 0) is 30.2 Å². The highest BCUT2D eigenvalue weighted by Crippen LogP contribution is 2.24. The van der Waals surface area contributed by atoms with Crippen molar-refractivity contribution in [1.29, 1.82) is 0 Å². The van der Waals surface area contributed by atoms with Crippen LogP contribution in [0.15, 0.2) is 67.1 Å². The highest BCUT2D eigenvalue weighted by atomic mass is 14.9. The third-order valence-electron chi connectivity index (χ3n) is 3.57. The van der Waals surface area contributed by atoms with Gasteiger partial charge >= 0.3 is 0 Å². The van der Waals surface area contributed by atoms with E-state index < -0.39 is 0 Å². The summed E-state index contributed by atoms with van der Waals surface area (Å²) in [4.78, 5) is 4.20. The lowest BCUT2D eigenvalue weighted by Gasteiger charge is -2.06. The molecule has 2 aromatic heterocycles. The lowest BCUT2D eigenvalue weighted by atomic mass is 10.0. The summed E-state index contributed by atoms with van der Waals surface area (Å²) in [6.07, 6.45) is 5.80. The Bertz CT molecular complexity index is 733. The van der Waals surface area contributed by atoms with Gasteiger partial charge in [-0.2, -0.15) is 0 Å². The fourth-order valence-corrected chi connectivity index (χ4v) is 2.41. The fourth-order valence-electron chi connectivity index (χ4n) is 2.41. The van der Waals surface area contributed by atoms with Gasteiger partial charge in [0.15, 0.2) is 6.20 Å². The maximum absolute atomic E-state index is 4.20. The Morgan fingerprint density at radius 2 is 1.80 bits per heavy atom. The zero-order valence-electron chi connectivity index (χ0n) is 11.7. The van der Waals surface area contributed by atoms with Gasteiger partial charge in [0.2, 0.25) is 5.69 Å². The van der Waals surface area contributed by atoms with Crippen LogP contribution in [0.4, 0.5) is 0 Å². The van der Waals surface area contributed by atoms with Crippen molar-refractivity contribution in [2.75, 3.05) is 0 Å². The maximum atomic E-state index is 4.20. The molecule has 2 heterocycles. The molecule has 0 aliphatic rings. The summed E-state index contributed by atoms with van der Waals surface area (Å²) in [5.74, 6) is 0. The van der Waals surface area contributed by atoms with Gasteiger partial charge in [-0.3, -0.25) is 4.98 Å². The average molecular weight is 261 g/mol. The molecule has 0 spiro atoms. The highest BCUT2D eigenvalue weighted by Gasteiger charge is 2.13. The van der Waals surface area contributed by atoms with Crippen molar-refractivity contribution in [3.05, 3.63) is 72.7 Å². The van der Waals surface area contributed by atoms with E-state index in [0.29, 0.717) is 0 Å². The molecule has 0 saturated carbocycles. The average Bonchev–Trinajstić information content (AvgIpc) is 2.49. The van der Waals surface area contributed by atoms with Gasteiger partial charge in [0.1, 0.15) is 7.05 Å². The van der Waals surface area contributed by atoms with Gasteiger partial charge in [-0.1, -0.05) is 24.3 Å². The third-order valence-corrected chi connectivity index (χ3v) is 3.57. The van der Waals surface area contributed by atoms with E-state index in [2.05, 4.69) is 72.2 Å². The molecular formula is C18H17N2+. The molecule has 0 fully saturated rings. The summed E-state index contributed by atoms with van der Waals surface area (Å²) in [5, 5.41) is 0. The van der Waals surface area contributed by atoms with E-state index >= 15 is 0 Å². The summed E-state index contributed by atoms with van der Waals surface area (Å²) in [5.41, 5.74) is 6.09. The van der Waals surface area contributed by atoms with Crippen LogP contribution >= 0.6 is 0 Å². The highest BCUT2D eigenvalue weighted by molar-refractivity contribution is 5.69. The molecule has 2 heteroatoms. The maximum Gasteiger partial charge on any atom is 0.213 e. The van der Waals surface area contributed by atoms with Crippen molar-refractivity contribution in [3.63, 3.8) is 0 Å². The van der Waals surface area contributed by atoms with Gasteiger partial charge in [-0.15, -0.1) is 0 Å². The van der Waals surface area contributed by atoms with Crippen LogP contribution in [-0.4, -0.2) is 4.98 Å². The Balaban J connectivity index is 2.15. The van der Waals surface area contributed by atoms with Gasteiger partial charge in [-0.25, -0.2) is 4.57 Å². The number of rotatable bonds is 2. The Morgan fingerprint density at radius 3 is 2.55 bits per heavy atom. The minimum atomic E-state index is 1.14. The second kappa shape index (κ2) is 5.25. The van der Waals surface area contributed by atoms with E-state index in [0.717, 1.165) is 5.56 Å². The number of aromatic nitrogens is 2. The summed E-state index contributed by atoms with van der Waals surface area (Å²) in [6.45, 7) is 2.14. The van der Waals surface area contributed by atoms with Crippen LogP contribution in [0.2, 0.25) is 0 Å². The largest absolute Gasteiger partial charge is 0.264 e. The molecule has 0 radical (unpaired) electrons. The molecule has 0 amide bonds. The molecule has 0 N–H and O–H groups in total. The lowest BCUT2D eigenvalue weighted by molar-refractivity contribution is -0.660. The molecule has 1 aromatic carbocycles. The molecule has 0 unspecified atom stereocenters. The molecule has 0 aliphatic carbocycles. The van der Waals surface area contributed by atoms with Gasteiger partial charge in [0.25, 0.3) is 0 Å². The molecule has 3 rings (SSSR count). The van der Waals surface area contributed by atoms with Gasteiger partial charge < -0.3 is 0 Å². The SMILES string of the molecule is Cc1ccccc1-c1cc(-c2cccnc2)cc[n+]1C. The van der Waals surface area contributed by atoms with E-state index in [1.807, 2.05) is 12.3 Å². The standard InChI is InChI=1S/C18H17N2/c1-14-6-3-4-8-17(14)18-12-15(9-11-20(18)2)16-7-5-10-19-13-16/h3-13H,1-2H3/q+1. The second-order valence-corrected chi connectivity index (χ2v) is 4.97. The van der Waals surface area contributed by atoms with Gasteiger partial charge in [0.05, 0.1) is 0 Å². The molecule has 0 atom stereocenters. The Labute approximate surface area is 119 Å². The van der Waals surface area contributed by atoms with Crippen molar-refractivity contribution in [1.82, 2.24) is 4.98 Å². The predicted octanol–water partition coefficient (Wildman–Crippen LogP) is 3.55. The molecule has 0 aliphatic heterocycles. The predicted molar refractivity (Wildman–Crippen MR) is 81.0 cm³/mol. The van der Waals surface area contributed by atoms with Crippen LogP contribution in [0, 0.1) is 6.92 Å².